The van der Waals surface area contributed by atoms with Crippen LogP contribution in [0.1, 0.15) is 58.9 Å². The lowest BCUT2D eigenvalue weighted by Gasteiger charge is -2.17. The van der Waals surface area contributed by atoms with E-state index in [0.717, 1.165) is 31.4 Å². The first kappa shape index (κ1) is 16.6. The van der Waals surface area contributed by atoms with Crippen LogP contribution in [0.5, 0.6) is 0 Å². The van der Waals surface area contributed by atoms with E-state index < -0.39 is 9.84 Å². The summed E-state index contributed by atoms with van der Waals surface area (Å²) in [7, 11) is -3.06. The Kier molecular flexibility index (Phi) is 4.05. The molecule has 2 N–H and O–H groups in total. The molecule has 2 amide bonds. The second-order valence-electron chi connectivity index (χ2n) is 7.16. The SMILES string of the molecule is O=C(NC1CCS(=O)(=O)C1)c1nc(C(=O)NC2CC2)n2c1CCCC2. The van der Waals surface area contributed by atoms with E-state index in [4.69, 9.17) is 0 Å². The van der Waals surface area contributed by atoms with E-state index in [2.05, 4.69) is 15.6 Å². The molecule has 9 heteroatoms. The van der Waals surface area contributed by atoms with Gasteiger partial charge >= 0.3 is 0 Å². The predicted octanol–water partition coefficient (Wildman–Crippen LogP) is 0.0285. The molecule has 3 aliphatic rings. The molecule has 1 aromatic heterocycles. The van der Waals surface area contributed by atoms with Crippen molar-refractivity contribution >= 4 is 21.7 Å². The highest BCUT2D eigenvalue weighted by molar-refractivity contribution is 7.91. The topological polar surface area (TPSA) is 110 Å². The number of sulfone groups is 1. The maximum atomic E-state index is 12.6. The molecule has 1 saturated carbocycles. The van der Waals surface area contributed by atoms with E-state index in [1.165, 1.54) is 0 Å². The maximum Gasteiger partial charge on any atom is 0.287 e. The van der Waals surface area contributed by atoms with Crippen molar-refractivity contribution < 1.29 is 18.0 Å². The van der Waals surface area contributed by atoms with Gasteiger partial charge in [0.25, 0.3) is 11.8 Å². The Bertz CT molecular complexity index is 825. The molecule has 0 radical (unpaired) electrons. The molecule has 2 aliphatic heterocycles. The molecular formula is C16H22N4O4S. The number of amides is 2. The van der Waals surface area contributed by atoms with Crippen LogP contribution < -0.4 is 10.6 Å². The van der Waals surface area contributed by atoms with Crippen molar-refractivity contribution in [2.45, 2.75) is 57.2 Å². The number of rotatable bonds is 4. The van der Waals surface area contributed by atoms with Crippen molar-refractivity contribution in [3.8, 4) is 0 Å². The van der Waals surface area contributed by atoms with E-state index in [-0.39, 0.29) is 41.1 Å². The molecule has 1 aromatic rings. The van der Waals surface area contributed by atoms with Crippen LogP contribution >= 0.6 is 0 Å². The van der Waals surface area contributed by atoms with Crippen molar-refractivity contribution in [3.63, 3.8) is 0 Å². The second-order valence-corrected chi connectivity index (χ2v) is 9.39. The summed E-state index contributed by atoms with van der Waals surface area (Å²) in [6.45, 7) is 0.681. The van der Waals surface area contributed by atoms with Crippen molar-refractivity contribution in [3.05, 3.63) is 17.2 Å². The third-order valence-electron chi connectivity index (χ3n) is 5.02. The zero-order valence-corrected chi connectivity index (χ0v) is 14.8. The molecule has 8 nitrogen and oxygen atoms in total. The lowest BCUT2D eigenvalue weighted by Crippen LogP contribution is -2.36. The summed E-state index contributed by atoms with van der Waals surface area (Å²) in [6.07, 6.45) is 5.02. The van der Waals surface area contributed by atoms with Crippen LogP contribution in [0.15, 0.2) is 0 Å². The third-order valence-corrected chi connectivity index (χ3v) is 6.78. The molecule has 1 aliphatic carbocycles. The molecule has 0 aromatic carbocycles. The molecule has 1 atom stereocenters. The molecule has 3 heterocycles. The monoisotopic (exact) mass is 366 g/mol. The summed E-state index contributed by atoms with van der Waals surface area (Å²) in [5, 5.41) is 5.70. The molecule has 25 heavy (non-hydrogen) atoms. The second kappa shape index (κ2) is 6.12. The zero-order chi connectivity index (χ0) is 17.6. The summed E-state index contributed by atoms with van der Waals surface area (Å²) < 4.78 is 25.0. The molecule has 2 fully saturated rings. The average Bonchev–Trinajstić information content (AvgIpc) is 3.18. The number of hydrogen-bond donors (Lipinski definition) is 2. The fraction of sp³-hybridized carbons (Fsp3) is 0.688. The Morgan fingerprint density at radius 3 is 2.48 bits per heavy atom. The van der Waals surface area contributed by atoms with Crippen LogP contribution in [0.4, 0.5) is 0 Å². The highest BCUT2D eigenvalue weighted by Gasteiger charge is 2.33. The fourth-order valence-electron chi connectivity index (χ4n) is 3.54. The number of carbonyl (C=O) groups excluding carboxylic acids is 2. The minimum absolute atomic E-state index is 0.0240. The van der Waals surface area contributed by atoms with Gasteiger partial charge in [-0.3, -0.25) is 9.59 Å². The summed E-state index contributed by atoms with van der Waals surface area (Å²) in [6, 6.07) is -0.146. The highest BCUT2D eigenvalue weighted by atomic mass is 32.2. The fourth-order valence-corrected chi connectivity index (χ4v) is 5.21. The Morgan fingerprint density at radius 1 is 1.04 bits per heavy atom. The van der Waals surface area contributed by atoms with Crippen LogP contribution in [-0.2, 0) is 22.8 Å². The Morgan fingerprint density at radius 2 is 1.80 bits per heavy atom. The van der Waals surface area contributed by atoms with E-state index in [1.807, 2.05) is 4.57 Å². The molecular weight excluding hydrogens is 344 g/mol. The smallest absolute Gasteiger partial charge is 0.287 e. The molecule has 0 bridgehead atoms. The van der Waals surface area contributed by atoms with Gasteiger partial charge in [-0.15, -0.1) is 0 Å². The van der Waals surface area contributed by atoms with Crippen molar-refractivity contribution in [2.75, 3.05) is 11.5 Å². The van der Waals surface area contributed by atoms with Gasteiger partial charge in [0.1, 0.15) is 5.69 Å². The van der Waals surface area contributed by atoms with E-state index in [0.29, 0.717) is 25.2 Å². The van der Waals surface area contributed by atoms with Gasteiger partial charge < -0.3 is 15.2 Å². The highest BCUT2D eigenvalue weighted by Crippen LogP contribution is 2.24. The largest absolute Gasteiger partial charge is 0.347 e. The molecule has 1 saturated heterocycles. The van der Waals surface area contributed by atoms with Crippen LogP contribution in [0, 0.1) is 0 Å². The van der Waals surface area contributed by atoms with Crippen molar-refractivity contribution in [1.82, 2.24) is 20.2 Å². The lowest BCUT2D eigenvalue weighted by atomic mass is 10.1. The number of imidazole rings is 1. The van der Waals surface area contributed by atoms with Gasteiger partial charge in [-0.05, 0) is 38.5 Å². The number of aromatic nitrogens is 2. The zero-order valence-electron chi connectivity index (χ0n) is 14.0. The number of hydrogen-bond acceptors (Lipinski definition) is 5. The lowest BCUT2D eigenvalue weighted by molar-refractivity contribution is 0.0933. The summed E-state index contributed by atoms with van der Waals surface area (Å²) in [5.74, 6) is -0.227. The van der Waals surface area contributed by atoms with E-state index >= 15 is 0 Å². The van der Waals surface area contributed by atoms with Gasteiger partial charge in [0.15, 0.2) is 15.7 Å². The van der Waals surface area contributed by atoms with Crippen LogP contribution in [-0.4, -0.2) is 53.4 Å². The van der Waals surface area contributed by atoms with E-state index in [1.54, 1.807) is 0 Å². The van der Waals surface area contributed by atoms with Crippen molar-refractivity contribution in [1.29, 1.82) is 0 Å². The van der Waals surface area contributed by atoms with Gasteiger partial charge in [-0.2, -0.15) is 0 Å². The predicted molar refractivity (Wildman–Crippen MR) is 90.2 cm³/mol. The number of nitrogens with one attached hydrogen (secondary N) is 2. The quantitative estimate of drug-likeness (QED) is 0.781. The average molecular weight is 366 g/mol. The summed E-state index contributed by atoms with van der Waals surface area (Å²) in [5.41, 5.74) is 1.05. The van der Waals surface area contributed by atoms with Gasteiger partial charge in [0.2, 0.25) is 0 Å². The summed E-state index contributed by atoms with van der Waals surface area (Å²) in [4.78, 5) is 29.4. The first-order chi connectivity index (χ1) is 11.9. The Balaban J connectivity index is 1.57. The minimum Gasteiger partial charge on any atom is -0.347 e. The first-order valence-corrected chi connectivity index (χ1v) is 10.7. The molecule has 4 rings (SSSR count). The normalized spacial score (nSPS) is 24.6. The van der Waals surface area contributed by atoms with E-state index in [9.17, 15) is 18.0 Å². The Labute approximate surface area is 146 Å². The van der Waals surface area contributed by atoms with Gasteiger partial charge in [0.05, 0.1) is 17.2 Å². The molecule has 136 valence electrons. The molecule has 1 unspecified atom stereocenters. The molecule has 0 spiro atoms. The van der Waals surface area contributed by atoms with Gasteiger partial charge in [-0.25, -0.2) is 13.4 Å². The standard InChI is InChI=1S/C16H22N4O4S/c21-15(18-11-6-8-25(23,24)9-11)13-12-3-1-2-7-20(12)14(19-13)16(22)17-10-4-5-10/h10-11H,1-9H2,(H,17,22)(H,18,21). The summed E-state index contributed by atoms with van der Waals surface area (Å²) >= 11 is 0. The van der Waals surface area contributed by atoms with Crippen LogP contribution in [0.3, 0.4) is 0 Å². The maximum absolute atomic E-state index is 12.6. The number of nitrogens with zero attached hydrogens (tertiary/aromatic N) is 2. The number of carbonyl (C=O) groups is 2. The number of fused-ring (bicyclic) bond motifs is 1. The van der Waals surface area contributed by atoms with Gasteiger partial charge in [0, 0.05) is 18.6 Å². The minimum atomic E-state index is -3.06. The first-order valence-electron chi connectivity index (χ1n) is 8.84. The van der Waals surface area contributed by atoms with Gasteiger partial charge in [-0.1, -0.05) is 0 Å². The van der Waals surface area contributed by atoms with Crippen molar-refractivity contribution in [2.24, 2.45) is 0 Å². The third kappa shape index (κ3) is 3.42. The Hall–Kier alpha value is -1.90. The van der Waals surface area contributed by atoms with Crippen LogP contribution in [0.2, 0.25) is 0 Å². The van der Waals surface area contributed by atoms with Crippen LogP contribution in [0.25, 0.3) is 0 Å².